The minimum atomic E-state index is -1.45. The number of aromatic hydroxyl groups is 2. The molecule has 0 saturated carbocycles. The summed E-state index contributed by atoms with van der Waals surface area (Å²) in [5.74, 6) is -1.47. The molecular weight excluding hydrogens is 444 g/mol. The smallest absolute Gasteiger partial charge is 0.340 e. The standard InChI is InChI=1S/C29H30O6/c1-5-16-9-12-22(19(7-3)25(16)30)29(23-13-10-17(6-2)26(31)20(23)8-4)24-14-11-18(27(32)33)15-21(24)28(34)35-29/h9-15,30-31H,5-8H2,1-4H3,(H,32,33). The Morgan fingerprint density at radius 1 is 0.771 bits per heavy atom. The van der Waals surface area contributed by atoms with Gasteiger partial charge in [0, 0.05) is 27.8 Å². The maximum absolute atomic E-state index is 13.3. The third kappa shape index (κ3) is 3.55. The molecule has 1 aliphatic heterocycles. The number of ether oxygens (including phenoxy) is 1. The van der Waals surface area contributed by atoms with Gasteiger partial charge in [-0.1, -0.05) is 58.0 Å². The number of hydrogen-bond donors (Lipinski definition) is 3. The molecule has 6 nitrogen and oxygen atoms in total. The second-order valence-corrected chi connectivity index (χ2v) is 8.75. The van der Waals surface area contributed by atoms with Gasteiger partial charge in [-0.3, -0.25) is 0 Å². The molecule has 0 saturated heterocycles. The number of aromatic carboxylic acids is 1. The van der Waals surface area contributed by atoms with Crippen LogP contribution in [-0.4, -0.2) is 27.3 Å². The first-order chi connectivity index (χ1) is 16.7. The zero-order valence-corrected chi connectivity index (χ0v) is 20.4. The van der Waals surface area contributed by atoms with Crippen molar-refractivity contribution in [3.05, 3.63) is 92.5 Å². The number of aryl methyl sites for hydroxylation is 2. The van der Waals surface area contributed by atoms with Crippen LogP contribution in [0.4, 0.5) is 0 Å². The van der Waals surface area contributed by atoms with E-state index in [0.29, 0.717) is 53.5 Å². The van der Waals surface area contributed by atoms with Crippen LogP contribution in [0.25, 0.3) is 0 Å². The maximum Gasteiger partial charge on any atom is 0.340 e. The van der Waals surface area contributed by atoms with Crippen molar-refractivity contribution in [1.82, 2.24) is 0 Å². The van der Waals surface area contributed by atoms with Crippen LogP contribution in [0, 0.1) is 0 Å². The minimum absolute atomic E-state index is 0.0173. The quantitative estimate of drug-likeness (QED) is 0.390. The summed E-state index contributed by atoms with van der Waals surface area (Å²) in [6, 6.07) is 11.8. The number of esters is 1. The van der Waals surface area contributed by atoms with Crippen molar-refractivity contribution < 1.29 is 29.6 Å². The Labute approximate surface area is 204 Å². The third-order valence-corrected chi connectivity index (χ3v) is 7.07. The molecule has 0 atom stereocenters. The SMILES string of the molecule is CCc1ccc(C2(c3ccc(CC)c(O)c3CC)OC(=O)c3cc(C(=O)O)ccc32)c(CC)c1O. The molecular formula is C29H30O6. The number of carboxylic acid groups (broad SMARTS) is 1. The van der Waals surface area contributed by atoms with Crippen molar-refractivity contribution in [3.8, 4) is 11.5 Å². The highest BCUT2D eigenvalue weighted by molar-refractivity contribution is 5.99. The molecule has 1 heterocycles. The van der Waals surface area contributed by atoms with Gasteiger partial charge in [0.1, 0.15) is 11.5 Å². The van der Waals surface area contributed by atoms with Crippen LogP contribution in [0.5, 0.6) is 11.5 Å². The molecule has 182 valence electrons. The molecule has 4 rings (SSSR count). The largest absolute Gasteiger partial charge is 0.507 e. The first-order valence-corrected chi connectivity index (χ1v) is 12.0. The molecule has 0 bridgehead atoms. The van der Waals surface area contributed by atoms with E-state index in [0.717, 1.165) is 11.1 Å². The lowest BCUT2D eigenvalue weighted by atomic mass is 9.74. The summed E-state index contributed by atoms with van der Waals surface area (Å²) < 4.78 is 6.21. The highest BCUT2D eigenvalue weighted by atomic mass is 16.6. The van der Waals surface area contributed by atoms with E-state index >= 15 is 0 Å². The van der Waals surface area contributed by atoms with Crippen LogP contribution >= 0.6 is 0 Å². The predicted octanol–water partition coefficient (Wildman–Crippen LogP) is 5.51. The second-order valence-electron chi connectivity index (χ2n) is 8.75. The Balaban J connectivity index is 2.17. The van der Waals surface area contributed by atoms with Crippen molar-refractivity contribution in [2.45, 2.75) is 59.0 Å². The number of phenols is 2. The van der Waals surface area contributed by atoms with Gasteiger partial charge in [0.2, 0.25) is 0 Å². The highest BCUT2D eigenvalue weighted by Gasteiger charge is 2.51. The zero-order chi connectivity index (χ0) is 25.5. The third-order valence-electron chi connectivity index (χ3n) is 7.07. The minimum Gasteiger partial charge on any atom is -0.507 e. The fourth-order valence-electron chi connectivity index (χ4n) is 5.26. The van der Waals surface area contributed by atoms with Crippen molar-refractivity contribution in [1.29, 1.82) is 0 Å². The summed E-state index contributed by atoms with van der Waals surface area (Å²) in [6.45, 7) is 7.77. The van der Waals surface area contributed by atoms with Crippen molar-refractivity contribution in [2.75, 3.05) is 0 Å². The number of hydrogen-bond acceptors (Lipinski definition) is 5. The number of carboxylic acids is 1. The van der Waals surface area contributed by atoms with E-state index < -0.39 is 17.5 Å². The molecule has 0 unspecified atom stereocenters. The van der Waals surface area contributed by atoms with Crippen LogP contribution in [0.15, 0.2) is 42.5 Å². The van der Waals surface area contributed by atoms with E-state index in [9.17, 15) is 24.9 Å². The summed E-state index contributed by atoms with van der Waals surface area (Å²) in [4.78, 5) is 24.9. The van der Waals surface area contributed by atoms with E-state index in [-0.39, 0.29) is 22.6 Å². The van der Waals surface area contributed by atoms with Gasteiger partial charge in [-0.15, -0.1) is 0 Å². The summed E-state index contributed by atoms with van der Waals surface area (Å²) in [5.41, 5.74) is 3.24. The summed E-state index contributed by atoms with van der Waals surface area (Å²) in [7, 11) is 0. The van der Waals surface area contributed by atoms with Crippen LogP contribution in [-0.2, 0) is 36.0 Å². The van der Waals surface area contributed by atoms with Gasteiger partial charge in [-0.2, -0.15) is 0 Å². The summed E-state index contributed by atoms with van der Waals surface area (Å²) in [5, 5.41) is 31.7. The number of phenolic OH excluding ortho intramolecular Hbond substituents is 2. The fourth-order valence-corrected chi connectivity index (χ4v) is 5.26. The van der Waals surface area contributed by atoms with Crippen molar-refractivity contribution >= 4 is 11.9 Å². The fraction of sp³-hybridized carbons (Fsp3) is 0.310. The van der Waals surface area contributed by atoms with Gasteiger partial charge in [0.15, 0.2) is 5.60 Å². The lowest BCUT2D eigenvalue weighted by molar-refractivity contribution is 0.0245. The Hall–Kier alpha value is -3.80. The number of carbonyl (C=O) groups excluding carboxylic acids is 1. The average Bonchev–Trinajstić information content (AvgIpc) is 3.15. The molecule has 6 heteroatoms. The van der Waals surface area contributed by atoms with Crippen LogP contribution < -0.4 is 0 Å². The maximum atomic E-state index is 13.3. The van der Waals surface area contributed by atoms with E-state index in [1.807, 2.05) is 52.0 Å². The van der Waals surface area contributed by atoms with Gasteiger partial charge in [-0.05, 0) is 48.9 Å². The Morgan fingerprint density at radius 2 is 1.26 bits per heavy atom. The topological polar surface area (TPSA) is 104 Å². The highest BCUT2D eigenvalue weighted by Crippen LogP contribution is 2.52. The second kappa shape index (κ2) is 9.10. The van der Waals surface area contributed by atoms with Crippen LogP contribution in [0.2, 0.25) is 0 Å². The van der Waals surface area contributed by atoms with Gasteiger partial charge in [0.05, 0.1) is 11.1 Å². The molecule has 0 spiro atoms. The first-order valence-electron chi connectivity index (χ1n) is 12.0. The lowest BCUT2D eigenvalue weighted by Crippen LogP contribution is -2.32. The lowest BCUT2D eigenvalue weighted by Gasteiger charge is -2.34. The normalized spacial score (nSPS) is 14.0. The van der Waals surface area contributed by atoms with Gasteiger partial charge < -0.3 is 20.1 Å². The van der Waals surface area contributed by atoms with E-state index in [1.54, 1.807) is 6.07 Å². The molecule has 0 fully saturated rings. The molecule has 0 aromatic heterocycles. The number of carbonyl (C=O) groups is 2. The summed E-state index contributed by atoms with van der Waals surface area (Å²) >= 11 is 0. The van der Waals surface area contributed by atoms with Crippen molar-refractivity contribution in [3.63, 3.8) is 0 Å². The molecule has 3 aromatic rings. The van der Waals surface area contributed by atoms with Crippen LogP contribution in [0.1, 0.15) is 87.4 Å². The number of rotatable bonds is 7. The number of benzene rings is 3. The molecule has 3 N–H and O–H groups in total. The van der Waals surface area contributed by atoms with E-state index in [4.69, 9.17) is 4.74 Å². The number of fused-ring (bicyclic) bond motifs is 1. The molecule has 1 aliphatic rings. The Bertz CT molecular complexity index is 1280. The van der Waals surface area contributed by atoms with Crippen molar-refractivity contribution in [2.24, 2.45) is 0 Å². The Morgan fingerprint density at radius 3 is 1.69 bits per heavy atom. The number of cyclic esters (lactones) is 1. The van der Waals surface area contributed by atoms with E-state index in [2.05, 4.69) is 0 Å². The van der Waals surface area contributed by atoms with Gasteiger partial charge in [0.25, 0.3) is 0 Å². The predicted molar refractivity (Wildman–Crippen MR) is 132 cm³/mol. The zero-order valence-electron chi connectivity index (χ0n) is 20.4. The van der Waals surface area contributed by atoms with E-state index in [1.165, 1.54) is 12.1 Å². The molecule has 0 radical (unpaired) electrons. The first kappa shape index (κ1) is 24.3. The molecule has 0 aliphatic carbocycles. The monoisotopic (exact) mass is 474 g/mol. The van der Waals surface area contributed by atoms with Gasteiger partial charge in [-0.25, -0.2) is 9.59 Å². The van der Waals surface area contributed by atoms with Gasteiger partial charge >= 0.3 is 11.9 Å². The van der Waals surface area contributed by atoms with Crippen LogP contribution in [0.3, 0.4) is 0 Å². The Kier molecular flexibility index (Phi) is 6.32. The average molecular weight is 475 g/mol. The molecule has 0 amide bonds. The molecule has 35 heavy (non-hydrogen) atoms. The molecule has 3 aromatic carbocycles. The summed E-state index contributed by atoms with van der Waals surface area (Å²) in [6.07, 6.45) is 2.24.